The van der Waals surface area contributed by atoms with Crippen LogP contribution in [0.2, 0.25) is 0 Å². The summed E-state index contributed by atoms with van der Waals surface area (Å²) < 4.78 is 5.42. The van der Waals surface area contributed by atoms with Crippen LogP contribution in [0, 0.1) is 0 Å². The van der Waals surface area contributed by atoms with Gasteiger partial charge in [-0.15, -0.1) is 12.4 Å². The van der Waals surface area contributed by atoms with E-state index in [9.17, 15) is 0 Å². The smallest absolute Gasteiger partial charge is 0.0675 e. The van der Waals surface area contributed by atoms with Crippen LogP contribution in [0.25, 0.3) is 0 Å². The first-order valence-electron chi connectivity index (χ1n) is 3.15. The van der Waals surface area contributed by atoms with Crippen LogP contribution < -0.4 is 5.32 Å². The molecule has 0 radical (unpaired) electrons. The van der Waals surface area contributed by atoms with Crippen molar-refractivity contribution in [1.29, 1.82) is 0 Å². The fourth-order valence-corrected chi connectivity index (χ4v) is 0.983. The highest BCUT2D eigenvalue weighted by Gasteiger charge is 2.12. The second-order valence-electron chi connectivity index (χ2n) is 2.42. The molecule has 0 amide bonds. The Bertz CT molecular complexity index is 71.5. The molecule has 0 spiro atoms. The number of nitrogens with one attached hydrogen (secondary N) is 1. The van der Waals surface area contributed by atoms with Crippen molar-refractivity contribution >= 4 is 12.4 Å². The van der Waals surface area contributed by atoms with E-state index in [2.05, 4.69) is 19.2 Å². The van der Waals surface area contributed by atoms with Crippen molar-refractivity contribution in [3.8, 4) is 0 Å². The van der Waals surface area contributed by atoms with E-state index >= 15 is 0 Å². The van der Waals surface area contributed by atoms with Gasteiger partial charge in [0.05, 0.1) is 12.2 Å². The molecular weight excluding hydrogens is 138 g/mol. The molecule has 1 aliphatic rings. The minimum atomic E-state index is 0. The van der Waals surface area contributed by atoms with Gasteiger partial charge in [-0.1, -0.05) is 0 Å². The van der Waals surface area contributed by atoms with Crippen molar-refractivity contribution in [1.82, 2.24) is 5.32 Å². The van der Waals surface area contributed by atoms with E-state index in [1.807, 2.05) is 0 Å². The van der Waals surface area contributed by atoms with Crippen molar-refractivity contribution < 1.29 is 4.74 Å². The van der Waals surface area contributed by atoms with E-state index in [0.29, 0.717) is 12.2 Å². The van der Waals surface area contributed by atoms with Crippen molar-refractivity contribution in [2.45, 2.75) is 26.1 Å². The monoisotopic (exact) mass is 151 g/mol. The molecule has 1 saturated heterocycles. The van der Waals surface area contributed by atoms with Crippen molar-refractivity contribution in [2.75, 3.05) is 13.1 Å². The lowest BCUT2D eigenvalue weighted by Gasteiger charge is -2.25. The second-order valence-corrected chi connectivity index (χ2v) is 2.42. The fourth-order valence-electron chi connectivity index (χ4n) is 0.983. The van der Waals surface area contributed by atoms with Crippen LogP contribution in [0.3, 0.4) is 0 Å². The molecule has 0 saturated carbocycles. The third kappa shape index (κ3) is 3.04. The third-order valence-electron chi connectivity index (χ3n) is 1.33. The molecule has 0 aliphatic carbocycles. The number of hydrogen-bond donors (Lipinski definition) is 1. The van der Waals surface area contributed by atoms with Crippen LogP contribution in [-0.2, 0) is 4.74 Å². The first-order valence-corrected chi connectivity index (χ1v) is 3.15. The van der Waals surface area contributed by atoms with Gasteiger partial charge in [0.15, 0.2) is 0 Å². The highest BCUT2D eigenvalue weighted by atomic mass is 35.5. The highest BCUT2D eigenvalue weighted by Crippen LogP contribution is 2.00. The van der Waals surface area contributed by atoms with Crippen LogP contribution in [0.5, 0.6) is 0 Å². The lowest BCUT2D eigenvalue weighted by Crippen LogP contribution is -2.41. The topological polar surface area (TPSA) is 21.3 Å². The van der Waals surface area contributed by atoms with Crippen LogP contribution in [0.15, 0.2) is 0 Å². The summed E-state index contributed by atoms with van der Waals surface area (Å²) >= 11 is 0. The lowest BCUT2D eigenvalue weighted by atomic mass is 10.3. The first-order chi connectivity index (χ1) is 3.79. The van der Waals surface area contributed by atoms with Gasteiger partial charge >= 0.3 is 0 Å². The van der Waals surface area contributed by atoms with Gasteiger partial charge in [0.1, 0.15) is 0 Å². The van der Waals surface area contributed by atoms with Crippen LogP contribution in [0.1, 0.15) is 13.8 Å². The predicted octanol–water partition coefficient (Wildman–Crippen LogP) is 0.805. The lowest BCUT2D eigenvalue weighted by molar-refractivity contribution is -0.0166. The van der Waals surface area contributed by atoms with Gasteiger partial charge < -0.3 is 10.1 Å². The summed E-state index contributed by atoms with van der Waals surface area (Å²) in [6.45, 7) is 6.18. The molecule has 2 atom stereocenters. The molecule has 1 aliphatic heterocycles. The molecule has 0 aromatic rings. The van der Waals surface area contributed by atoms with E-state index in [4.69, 9.17) is 4.74 Å². The van der Waals surface area contributed by atoms with Gasteiger partial charge in [0.25, 0.3) is 0 Å². The molecule has 2 nitrogen and oxygen atoms in total. The van der Waals surface area contributed by atoms with Crippen molar-refractivity contribution in [3.05, 3.63) is 0 Å². The molecule has 1 fully saturated rings. The normalized spacial score (nSPS) is 35.3. The first kappa shape index (κ1) is 9.21. The summed E-state index contributed by atoms with van der Waals surface area (Å²) in [5.41, 5.74) is 0. The zero-order valence-electron chi connectivity index (χ0n) is 5.89. The molecule has 3 heteroatoms. The van der Waals surface area contributed by atoms with E-state index < -0.39 is 0 Å². The van der Waals surface area contributed by atoms with Crippen LogP contribution in [-0.4, -0.2) is 25.3 Å². The summed E-state index contributed by atoms with van der Waals surface area (Å²) in [6, 6.07) is 0. The molecule has 56 valence electrons. The van der Waals surface area contributed by atoms with E-state index in [1.54, 1.807) is 0 Å². The summed E-state index contributed by atoms with van der Waals surface area (Å²) in [4.78, 5) is 0. The zero-order chi connectivity index (χ0) is 5.98. The van der Waals surface area contributed by atoms with Crippen LogP contribution >= 0.6 is 12.4 Å². The van der Waals surface area contributed by atoms with Gasteiger partial charge in [-0.05, 0) is 13.8 Å². The van der Waals surface area contributed by atoms with Crippen molar-refractivity contribution in [2.24, 2.45) is 0 Å². The summed E-state index contributed by atoms with van der Waals surface area (Å²) in [5.74, 6) is 0. The number of morpholine rings is 1. The molecule has 0 unspecified atom stereocenters. The fraction of sp³-hybridized carbons (Fsp3) is 1.00. The third-order valence-corrected chi connectivity index (χ3v) is 1.33. The average molecular weight is 152 g/mol. The Morgan fingerprint density at radius 2 is 1.67 bits per heavy atom. The summed E-state index contributed by atoms with van der Waals surface area (Å²) in [6.07, 6.45) is 0.803. The summed E-state index contributed by atoms with van der Waals surface area (Å²) in [7, 11) is 0. The Hall–Kier alpha value is 0.210. The predicted molar refractivity (Wildman–Crippen MR) is 40.1 cm³/mol. The molecule has 1 N–H and O–H groups in total. The molecule has 1 heterocycles. The van der Waals surface area contributed by atoms with E-state index in [0.717, 1.165) is 13.1 Å². The highest BCUT2D eigenvalue weighted by molar-refractivity contribution is 5.85. The largest absolute Gasteiger partial charge is 0.373 e. The van der Waals surface area contributed by atoms with Gasteiger partial charge in [-0.2, -0.15) is 0 Å². The number of halogens is 1. The standard InChI is InChI=1S/C6H13NO.ClH/c1-5-3-7-4-6(2)8-5;/h5-7H,3-4H2,1-2H3;1H/t5-,6-;/m0./s1. The van der Waals surface area contributed by atoms with Gasteiger partial charge in [-0.25, -0.2) is 0 Å². The van der Waals surface area contributed by atoms with Crippen LogP contribution in [0.4, 0.5) is 0 Å². The molecular formula is C6H14ClNO. The Labute approximate surface area is 62.4 Å². The van der Waals surface area contributed by atoms with Crippen molar-refractivity contribution in [3.63, 3.8) is 0 Å². The molecule has 0 aromatic carbocycles. The Morgan fingerprint density at radius 3 is 1.89 bits per heavy atom. The number of rotatable bonds is 0. The minimum absolute atomic E-state index is 0. The molecule has 0 aromatic heterocycles. The maximum Gasteiger partial charge on any atom is 0.0675 e. The minimum Gasteiger partial charge on any atom is -0.373 e. The molecule has 1 rings (SSSR count). The zero-order valence-corrected chi connectivity index (χ0v) is 6.70. The van der Waals surface area contributed by atoms with Gasteiger partial charge in [0, 0.05) is 13.1 Å². The van der Waals surface area contributed by atoms with Gasteiger partial charge in [0.2, 0.25) is 0 Å². The summed E-state index contributed by atoms with van der Waals surface area (Å²) in [5, 5.41) is 3.26. The van der Waals surface area contributed by atoms with Gasteiger partial charge in [-0.3, -0.25) is 0 Å². The Morgan fingerprint density at radius 1 is 1.22 bits per heavy atom. The number of hydrogen-bond acceptors (Lipinski definition) is 2. The average Bonchev–Trinajstić information content (AvgIpc) is 1.64. The molecule has 9 heavy (non-hydrogen) atoms. The maximum absolute atomic E-state index is 5.42. The molecule has 0 bridgehead atoms. The van der Waals surface area contributed by atoms with E-state index in [1.165, 1.54) is 0 Å². The quantitative estimate of drug-likeness (QED) is 0.553. The Balaban J connectivity index is 0.000000640. The second kappa shape index (κ2) is 4.09. The SMILES string of the molecule is C[C@H]1CNC[C@H](C)O1.Cl. The van der Waals surface area contributed by atoms with E-state index in [-0.39, 0.29) is 12.4 Å². The number of ether oxygens (including phenoxy) is 1. The maximum atomic E-state index is 5.42. The Kier molecular flexibility index (Phi) is 4.19.